The summed E-state index contributed by atoms with van der Waals surface area (Å²) >= 11 is 0. The normalized spacial score (nSPS) is 12.2. The molecule has 4 N–H and O–H groups in total. The number of fused-ring (bicyclic) bond motifs is 1. The van der Waals surface area contributed by atoms with Gasteiger partial charge in [0, 0.05) is 23.1 Å². The number of furan rings is 1. The van der Waals surface area contributed by atoms with Gasteiger partial charge >= 0.3 is 0 Å². The van der Waals surface area contributed by atoms with Gasteiger partial charge in [-0.25, -0.2) is 5.48 Å². The zero-order chi connectivity index (χ0) is 18.4. The topological polar surface area (TPSA) is 94.7 Å². The number of nitrogens with one attached hydrogen (secondary N) is 2. The van der Waals surface area contributed by atoms with E-state index in [-0.39, 0.29) is 18.6 Å². The summed E-state index contributed by atoms with van der Waals surface area (Å²) in [5.74, 6) is 0.514. The van der Waals surface area contributed by atoms with Gasteiger partial charge in [-0.3, -0.25) is 4.79 Å². The molecule has 0 bridgehead atoms. The van der Waals surface area contributed by atoms with Gasteiger partial charge in [-0.1, -0.05) is 30.3 Å². The van der Waals surface area contributed by atoms with Crippen LogP contribution in [0.4, 0.5) is 0 Å². The van der Waals surface area contributed by atoms with Gasteiger partial charge < -0.3 is 20.0 Å². The highest BCUT2D eigenvalue weighted by atomic mass is 16.5. The minimum absolute atomic E-state index is 0.145. The molecular formula is C20H22N2O4. The fourth-order valence-electron chi connectivity index (χ4n) is 2.82. The molecule has 6 heteroatoms. The SMILES string of the molecule is O=C(N[C@H](CO)CCCNO)c1ccc(-c2cc3ccccc3o2)cc1. The Balaban J connectivity index is 1.67. The maximum absolute atomic E-state index is 12.3. The predicted molar refractivity (Wildman–Crippen MR) is 99.0 cm³/mol. The number of aliphatic hydroxyl groups is 1. The second-order valence-electron chi connectivity index (χ2n) is 6.13. The molecule has 0 aliphatic carbocycles. The molecular weight excluding hydrogens is 332 g/mol. The number of carbonyl (C=O) groups excluding carboxylic acids is 1. The molecule has 2 aromatic carbocycles. The number of para-hydroxylation sites is 1. The van der Waals surface area contributed by atoms with Crippen LogP contribution in [0.2, 0.25) is 0 Å². The lowest BCUT2D eigenvalue weighted by Gasteiger charge is -2.16. The highest BCUT2D eigenvalue weighted by Crippen LogP contribution is 2.27. The lowest BCUT2D eigenvalue weighted by atomic mass is 10.1. The molecule has 0 fully saturated rings. The van der Waals surface area contributed by atoms with E-state index in [0.29, 0.717) is 24.9 Å². The van der Waals surface area contributed by atoms with Gasteiger partial charge in [0.1, 0.15) is 11.3 Å². The minimum atomic E-state index is -0.342. The lowest BCUT2D eigenvalue weighted by Crippen LogP contribution is -2.37. The number of hydrogen-bond donors (Lipinski definition) is 4. The van der Waals surface area contributed by atoms with Crippen LogP contribution in [0.25, 0.3) is 22.3 Å². The first-order valence-corrected chi connectivity index (χ1v) is 8.59. The van der Waals surface area contributed by atoms with Gasteiger partial charge in [-0.2, -0.15) is 0 Å². The van der Waals surface area contributed by atoms with E-state index in [1.165, 1.54) is 0 Å². The summed E-state index contributed by atoms with van der Waals surface area (Å²) < 4.78 is 5.83. The van der Waals surface area contributed by atoms with Crippen LogP contribution < -0.4 is 10.8 Å². The number of hydrogen-bond acceptors (Lipinski definition) is 5. The third-order valence-corrected chi connectivity index (χ3v) is 4.25. The fraction of sp³-hybridized carbons (Fsp3) is 0.250. The van der Waals surface area contributed by atoms with Crippen LogP contribution in [-0.4, -0.2) is 35.4 Å². The van der Waals surface area contributed by atoms with Gasteiger partial charge in [0.2, 0.25) is 0 Å². The highest BCUT2D eigenvalue weighted by molar-refractivity contribution is 5.95. The number of rotatable bonds is 8. The average Bonchev–Trinajstić information content (AvgIpc) is 3.11. The van der Waals surface area contributed by atoms with Crippen molar-refractivity contribution in [3.8, 4) is 11.3 Å². The van der Waals surface area contributed by atoms with E-state index < -0.39 is 0 Å². The number of hydroxylamine groups is 1. The first-order chi connectivity index (χ1) is 12.7. The van der Waals surface area contributed by atoms with Crippen LogP contribution >= 0.6 is 0 Å². The van der Waals surface area contributed by atoms with Gasteiger partial charge in [-0.05, 0) is 37.1 Å². The molecule has 3 aromatic rings. The molecule has 0 aliphatic rings. The summed E-state index contributed by atoms with van der Waals surface area (Å²) in [6.45, 7) is 0.271. The van der Waals surface area contributed by atoms with E-state index >= 15 is 0 Å². The Morgan fingerprint density at radius 1 is 1.12 bits per heavy atom. The Hall–Kier alpha value is -2.67. The van der Waals surface area contributed by atoms with Gasteiger partial charge in [0.15, 0.2) is 0 Å². The molecule has 136 valence electrons. The van der Waals surface area contributed by atoms with E-state index in [0.717, 1.165) is 22.3 Å². The van der Waals surface area contributed by atoms with Crippen LogP contribution in [0.5, 0.6) is 0 Å². The van der Waals surface area contributed by atoms with Crippen molar-refractivity contribution in [1.82, 2.24) is 10.8 Å². The minimum Gasteiger partial charge on any atom is -0.456 e. The van der Waals surface area contributed by atoms with E-state index in [1.54, 1.807) is 12.1 Å². The van der Waals surface area contributed by atoms with Crippen LogP contribution in [0.3, 0.4) is 0 Å². The van der Waals surface area contributed by atoms with Crippen molar-refractivity contribution in [2.24, 2.45) is 0 Å². The largest absolute Gasteiger partial charge is 0.456 e. The van der Waals surface area contributed by atoms with Crippen LogP contribution in [0.1, 0.15) is 23.2 Å². The van der Waals surface area contributed by atoms with Crippen LogP contribution in [0, 0.1) is 0 Å². The average molecular weight is 354 g/mol. The van der Waals surface area contributed by atoms with Crippen molar-refractivity contribution in [3.63, 3.8) is 0 Å². The number of carbonyl (C=O) groups is 1. The Labute approximate surface area is 151 Å². The summed E-state index contributed by atoms with van der Waals surface area (Å²) in [7, 11) is 0. The molecule has 1 atom stereocenters. The van der Waals surface area contributed by atoms with Crippen molar-refractivity contribution in [1.29, 1.82) is 0 Å². The molecule has 3 rings (SSSR count). The van der Waals surface area contributed by atoms with Crippen molar-refractivity contribution in [3.05, 3.63) is 60.2 Å². The lowest BCUT2D eigenvalue weighted by molar-refractivity contribution is 0.0910. The molecule has 6 nitrogen and oxygen atoms in total. The summed E-state index contributed by atoms with van der Waals surface area (Å²) in [5, 5.41) is 21.8. The van der Waals surface area contributed by atoms with Gasteiger partial charge in [0.25, 0.3) is 5.91 Å². The maximum atomic E-state index is 12.3. The van der Waals surface area contributed by atoms with E-state index in [4.69, 9.17) is 9.62 Å². The number of amides is 1. The van der Waals surface area contributed by atoms with Crippen molar-refractivity contribution in [2.75, 3.05) is 13.2 Å². The maximum Gasteiger partial charge on any atom is 0.251 e. The van der Waals surface area contributed by atoms with E-state index in [1.807, 2.05) is 42.5 Å². The second kappa shape index (κ2) is 8.62. The third kappa shape index (κ3) is 4.29. The molecule has 0 saturated carbocycles. The highest BCUT2D eigenvalue weighted by Gasteiger charge is 2.13. The van der Waals surface area contributed by atoms with Crippen molar-refractivity contribution < 1.29 is 19.5 Å². The summed E-state index contributed by atoms with van der Waals surface area (Å²) in [6.07, 6.45) is 1.22. The Kier molecular flexibility index (Phi) is 6.01. The second-order valence-corrected chi connectivity index (χ2v) is 6.13. The molecule has 0 saturated heterocycles. The molecule has 26 heavy (non-hydrogen) atoms. The zero-order valence-electron chi connectivity index (χ0n) is 14.3. The quantitative estimate of drug-likeness (QED) is 0.369. The standard InChI is InChI=1S/C20H22N2O4/c23-13-17(5-3-11-21-25)22-20(24)15-9-7-14(8-10-15)19-12-16-4-1-2-6-18(16)26-19/h1-2,4,6-10,12,17,21,23,25H,3,5,11,13H2,(H,22,24)/t17-/m0/s1. The predicted octanol–water partition coefficient (Wildman–Crippen LogP) is 2.95. The van der Waals surface area contributed by atoms with Crippen molar-refractivity contribution in [2.45, 2.75) is 18.9 Å². The molecule has 0 spiro atoms. The summed E-state index contributed by atoms with van der Waals surface area (Å²) in [5.41, 5.74) is 4.30. The molecule has 1 amide bonds. The fourth-order valence-corrected chi connectivity index (χ4v) is 2.82. The Morgan fingerprint density at radius 2 is 1.88 bits per heavy atom. The summed E-state index contributed by atoms with van der Waals surface area (Å²) in [4.78, 5) is 12.3. The molecule has 0 aliphatic heterocycles. The third-order valence-electron chi connectivity index (χ3n) is 4.25. The monoisotopic (exact) mass is 354 g/mol. The molecule has 0 unspecified atom stereocenters. The summed E-state index contributed by atoms with van der Waals surface area (Å²) in [6, 6.07) is 16.6. The van der Waals surface area contributed by atoms with E-state index in [2.05, 4.69) is 10.8 Å². The first kappa shape index (κ1) is 18.1. The number of benzene rings is 2. The molecule has 1 heterocycles. The molecule has 1 aromatic heterocycles. The van der Waals surface area contributed by atoms with Gasteiger partial charge in [0.05, 0.1) is 12.6 Å². The smallest absolute Gasteiger partial charge is 0.251 e. The van der Waals surface area contributed by atoms with Gasteiger partial charge in [-0.15, -0.1) is 0 Å². The molecule has 0 radical (unpaired) electrons. The van der Waals surface area contributed by atoms with Crippen LogP contribution in [0.15, 0.2) is 59.0 Å². The number of aliphatic hydroxyl groups excluding tert-OH is 1. The Morgan fingerprint density at radius 3 is 2.58 bits per heavy atom. The Bertz CT molecular complexity index is 825. The van der Waals surface area contributed by atoms with E-state index in [9.17, 15) is 9.90 Å². The first-order valence-electron chi connectivity index (χ1n) is 8.59. The zero-order valence-corrected chi connectivity index (χ0v) is 14.3. The van der Waals surface area contributed by atoms with Crippen molar-refractivity contribution >= 4 is 16.9 Å². The van der Waals surface area contributed by atoms with Crippen LogP contribution in [-0.2, 0) is 0 Å².